The lowest BCUT2D eigenvalue weighted by Crippen LogP contribution is -2.23. The Kier molecular flexibility index (Phi) is 5.47. The van der Waals surface area contributed by atoms with Gasteiger partial charge in [0.15, 0.2) is 11.5 Å². The van der Waals surface area contributed by atoms with Crippen molar-refractivity contribution in [2.24, 2.45) is 0 Å². The van der Waals surface area contributed by atoms with Crippen LogP contribution in [0.3, 0.4) is 0 Å². The third-order valence-electron chi connectivity index (χ3n) is 2.99. The van der Waals surface area contributed by atoms with Gasteiger partial charge in [0.1, 0.15) is 13.2 Å². The van der Waals surface area contributed by atoms with Gasteiger partial charge < -0.3 is 14.8 Å². The smallest absolute Gasteiger partial charge is 0.219 e. The molecule has 108 valence electrons. The first-order valence-corrected chi connectivity index (χ1v) is 7.12. The topological polar surface area (TPSA) is 47.6 Å². The second-order valence-corrected chi connectivity index (χ2v) is 4.69. The van der Waals surface area contributed by atoms with E-state index in [2.05, 4.69) is 11.4 Å². The minimum Gasteiger partial charge on any atom is -0.486 e. The van der Waals surface area contributed by atoms with E-state index in [0.717, 1.165) is 29.9 Å². The van der Waals surface area contributed by atoms with Crippen molar-refractivity contribution in [3.8, 4) is 11.5 Å². The third-order valence-corrected chi connectivity index (χ3v) is 2.99. The fourth-order valence-corrected chi connectivity index (χ4v) is 1.99. The van der Waals surface area contributed by atoms with Gasteiger partial charge in [0, 0.05) is 13.0 Å². The molecule has 0 spiro atoms. The summed E-state index contributed by atoms with van der Waals surface area (Å²) in [7, 11) is 0. The van der Waals surface area contributed by atoms with Gasteiger partial charge in [0.25, 0.3) is 0 Å². The van der Waals surface area contributed by atoms with Gasteiger partial charge in [0.05, 0.1) is 0 Å². The summed E-state index contributed by atoms with van der Waals surface area (Å²) < 4.78 is 11.0. The Labute approximate surface area is 119 Å². The molecule has 0 unspecified atom stereocenters. The molecule has 1 heterocycles. The van der Waals surface area contributed by atoms with Crippen LogP contribution in [-0.2, 0) is 4.79 Å². The van der Waals surface area contributed by atoms with E-state index in [1.807, 2.05) is 31.2 Å². The third kappa shape index (κ3) is 4.30. The number of carbonyl (C=O) groups excluding carboxylic acids is 1. The van der Waals surface area contributed by atoms with E-state index in [9.17, 15) is 4.79 Å². The molecule has 1 N–H and O–H groups in total. The van der Waals surface area contributed by atoms with Crippen LogP contribution in [0, 0.1) is 0 Å². The van der Waals surface area contributed by atoms with Gasteiger partial charge >= 0.3 is 0 Å². The Morgan fingerprint density at radius 1 is 1.30 bits per heavy atom. The molecule has 2 rings (SSSR count). The van der Waals surface area contributed by atoms with Gasteiger partial charge in [-0.25, -0.2) is 0 Å². The van der Waals surface area contributed by atoms with E-state index in [1.165, 1.54) is 0 Å². The molecule has 1 amide bonds. The van der Waals surface area contributed by atoms with Crippen molar-refractivity contribution in [2.75, 3.05) is 19.8 Å². The van der Waals surface area contributed by atoms with Crippen molar-refractivity contribution in [3.63, 3.8) is 0 Å². The van der Waals surface area contributed by atoms with E-state index in [0.29, 0.717) is 26.2 Å². The minimum atomic E-state index is 0.125. The molecule has 0 aromatic heterocycles. The van der Waals surface area contributed by atoms with Gasteiger partial charge in [-0.15, -0.1) is 0 Å². The Balaban J connectivity index is 1.78. The maximum absolute atomic E-state index is 11.3. The molecule has 0 radical (unpaired) electrons. The van der Waals surface area contributed by atoms with Crippen LogP contribution < -0.4 is 14.8 Å². The van der Waals surface area contributed by atoms with E-state index in [-0.39, 0.29) is 5.91 Å². The summed E-state index contributed by atoms with van der Waals surface area (Å²) in [5, 5.41) is 2.88. The highest BCUT2D eigenvalue weighted by Gasteiger charge is 2.10. The second kappa shape index (κ2) is 7.58. The van der Waals surface area contributed by atoms with Gasteiger partial charge in [-0.1, -0.05) is 25.1 Å². The number of carbonyl (C=O) groups is 1. The van der Waals surface area contributed by atoms with Crippen LogP contribution in [-0.4, -0.2) is 25.7 Å². The highest BCUT2D eigenvalue weighted by Crippen LogP contribution is 2.31. The lowest BCUT2D eigenvalue weighted by atomic mass is 10.1. The summed E-state index contributed by atoms with van der Waals surface area (Å²) in [5.74, 6) is 1.73. The molecular formula is C16H21NO3. The fraction of sp³-hybridized carbons (Fsp3) is 0.438. The van der Waals surface area contributed by atoms with Crippen molar-refractivity contribution in [3.05, 3.63) is 29.8 Å². The summed E-state index contributed by atoms with van der Waals surface area (Å²) in [5.41, 5.74) is 1.08. The number of rotatable bonds is 6. The summed E-state index contributed by atoms with van der Waals surface area (Å²) in [6.07, 6.45) is 6.40. The monoisotopic (exact) mass is 275 g/mol. The number of hydrogen-bond donors (Lipinski definition) is 1. The van der Waals surface area contributed by atoms with Crippen LogP contribution in [0.1, 0.15) is 31.7 Å². The molecule has 0 saturated carbocycles. The molecule has 0 bridgehead atoms. The molecule has 0 atom stereocenters. The first-order valence-electron chi connectivity index (χ1n) is 7.12. The molecule has 0 aliphatic carbocycles. The zero-order chi connectivity index (χ0) is 14.2. The van der Waals surface area contributed by atoms with E-state index in [1.54, 1.807) is 0 Å². The van der Waals surface area contributed by atoms with Crippen molar-refractivity contribution in [1.82, 2.24) is 5.32 Å². The fourth-order valence-electron chi connectivity index (χ4n) is 1.99. The zero-order valence-corrected chi connectivity index (χ0v) is 11.9. The SMILES string of the molecule is CCCC(=O)NCC/C=C/c1ccc2c(c1)OCCO2. The molecule has 1 aliphatic rings. The highest BCUT2D eigenvalue weighted by molar-refractivity contribution is 5.75. The quantitative estimate of drug-likeness (QED) is 0.812. The van der Waals surface area contributed by atoms with Gasteiger partial charge in [-0.2, -0.15) is 0 Å². The predicted octanol–water partition coefficient (Wildman–Crippen LogP) is 2.78. The highest BCUT2D eigenvalue weighted by atomic mass is 16.6. The largest absolute Gasteiger partial charge is 0.486 e. The van der Waals surface area contributed by atoms with Gasteiger partial charge in [-0.05, 0) is 30.5 Å². The lowest BCUT2D eigenvalue weighted by Gasteiger charge is -2.18. The van der Waals surface area contributed by atoms with E-state index in [4.69, 9.17) is 9.47 Å². The molecule has 0 fully saturated rings. The first-order chi connectivity index (χ1) is 9.79. The van der Waals surface area contributed by atoms with Crippen LogP contribution >= 0.6 is 0 Å². The van der Waals surface area contributed by atoms with Gasteiger partial charge in [0.2, 0.25) is 5.91 Å². The number of amides is 1. The maximum atomic E-state index is 11.3. The average Bonchev–Trinajstić information content (AvgIpc) is 2.47. The van der Waals surface area contributed by atoms with Crippen molar-refractivity contribution < 1.29 is 14.3 Å². The number of ether oxygens (including phenoxy) is 2. The number of hydrogen-bond acceptors (Lipinski definition) is 3. The molecule has 1 aromatic carbocycles. The van der Waals surface area contributed by atoms with Crippen LogP contribution in [0.5, 0.6) is 11.5 Å². The molecule has 20 heavy (non-hydrogen) atoms. The first kappa shape index (κ1) is 14.4. The van der Waals surface area contributed by atoms with Crippen molar-refractivity contribution in [1.29, 1.82) is 0 Å². The molecular weight excluding hydrogens is 254 g/mol. The Bertz CT molecular complexity index is 483. The average molecular weight is 275 g/mol. The van der Waals surface area contributed by atoms with Crippen LogP contribution in [0.4, 0.5) is 0 Å². The standard InChI is InChI=1S/C16H21NO3/c1-2-5-16(18)17-9-4-3-6-13-7-8-14-15(12-13)20-11-10-19-14/h3,6-8,12H,2,4-5,9-11H2,1H3,(H,17,18)/b6-3+. The zero-order valence-electron chi connectivity index (χ0n) is 11.9. The molecule has 4 heteroatoms. The summed E-state index contributed by atoms with van der Waals surface area (Å²) in [4.78, 5) is 11.3. The molecule has 1 aliphatic heterocycles. The van der Waals surface area contributed by atoms with Crippen LogP contribution in [0.25, 0.3) is 6.08 Å². The predicted molar refractivity (Wildman–Crippen MR) is 79.0 cm³/mol. The van der Waals surface area contributed by atoms with Crippen molar-refractivity contribution >= 4 is 12.0 Å². The molecule has 4 nitrogen and oxygen atoms in total. The minimum absolute atomic E-state index is 0.125. The molecule has 0 saturated heterocycles. The number of fused-ring (bicyclic) bond motifs is 1. The van der Waals surface area contributed by atoms with Crippen LogP contribution in [0.15, 0.2) is 24.3 Å². The lowest BCUT2D eigenvalue weighted by molar-refractivity contribution is -0.121. The van der Waals surface area contributed by atoms with Crippen molar-refractivity contribution in [2.45, 2.75) is 26.2 Å². The normalized spacial score (nSPS) is 13.4. The second-order valence-electron chi connectivity index (χ2n) is 4.69. The Morgan fingerprint density at radius 2 is 2.10 bits per heavy atom. The number of nitrogens with one attached hydrogen (secondary N) is 1. The summed E-state index contributed by atoms with van der Waals surface area (Å²) in [6.45, 7) is 3.89. The number of benzene rings is 1. The maximum Gasteiger partial charge on any atom is 0.219 e. The Morgan fingerprint density at radius 3 is 2.90 bits per heavy atom. The summed E-state index contributed by atoms with van der Waals surface area (Å²) in [6, 6.07) is 5.90. The van der Waals surface area contributed by atoms with E-state index < -0.39 is 0 Å². The van der Waals surface area contributed by atoms with Crippen LogP contribution in [0.2, 0.25) is 0 Å². The molecule has 1 aromatic rings. The van der Waals surface area contributed by atoms with Gasteiger partial charge in [-0.3, -0.25) is 4.79 Å². The Hall–Kier alpha value is -1.97. The van der Waals surface area contributed by atoms with E-state index >= 15 is 0 Å². The summed E-state index contributed by atoms with van der Waals surface area (Å²) >= 11 is 0.